The van der Waals surface area contributed by atoms with Gasteiger partial charge < -0.3 is 5.32 Å². The van der Waals surface area contributed by atoms with Gasteiger partial charge in [-0.2, -0.15) is 5.10 Å². The van der Waals surface area contributed by atoms with Crippen LogP contribution in [0.15, 0.2) is 12.4 Å². The molecule has 0 spiro atoms. The van der Waals surface area contributed by atoms with Crippen LogP contribution in [0.25, 0.3) is 0 Å². The highest BCUT2D eigenvalue weighted by atomic mass is 35.5. The number of aromatic nitrogens is 4. The van der Waals surface area contributed by atoms with Crippen LogP contribution in [0.5, 0.6) is 0 Å². The van der Waals surface area contributed by atoms with Crippen LogP contribution in [0.2, 0.25) is 5.15 Å². The lowest BCUT2D eigenvalue weighted by atomic mass is 10.2. The summed E-state index contributed by atoms with van der Waals surface area (Å²) >= 11 is 5.76. The molecular weight excluding hydrogens is 238 g/mol. The monoisotopic (exact) mass is 251 g/mol. The lowest BCUT2D eigenvalue weighted by molar-refractivity contribution is 0.730. The van der Waals surface area contributed by atoms with Gasteiger partial charge in [0.2, 0.25) is 0 Å². The van der Waals surface area contributed by atoms with Crippen LogP contribution in [-0.4, -0.2) is 19.7 Å². The summed E-state index contributed by atoms with van der Waals surface area (Å²) in [4.78, 5) is 8.09. The second-order valence-electron chi connectivity index (χ2n) is 3.85. The summed E-state index contributed by atoms with van der Waals surface area (Å²) in [6.45, 7) is 4.70. The average molecular weight is 252 g/mol. The summed E-state index contributed by atoms with van der Waals surface area (Å²) in [7, 11) is 1.94. The molecule has 2 aromatic heterocycles. The molecule has 0 fully saturated rings. The van der Waals surface area contributed by atoms with Crippen molar-refractivity contribution >= 4 is 17.4 Å². The molecule has 0 amide bonds. The Morgan fingerprint density at radius 3 is 2.71 bits per heavy atom. The number of aryl methyl sites for hydroxylation is 2. The van der Waals surface area contributed by atoms with Crippen LogP contribution in [0.1, 0.15) is 17.0 Å². The second-order valence-corrected chi connectivity index (χ2v) is 4.24. The van der Waals surface area contributed by atoms with E-state index in [0.717, 1.165) is 11.4 Å². The van der Waals surface area contributed by atoms with Gasteiger partial charge in [-0.05, 0) is 13.8 Å². The minimum atomic E-state index is 0.384. The van der Waals surface area contributed by atoms with E-state index in [1.165, 1.54) is 11.8 Å². The smallest absolute Gasteiger partial charge is 0.149 e. The highest BCUT2D eigenvalue weighted by Gasteiger charge is 2.09. The van der Waals surface area contributed by atoms with Gasteiger partial charge in [0.1, 0.15) is 11.0 Å². The number of anilines is 1. The maximum atomic E-state index is 5.76. The maximum Gasteiger partial charge on any atom is 0.149 e. The molecule has 17 heavy (non-hydrogen) atoms. The molecule has 0 atom stereocenters. The van der Waals surface area contributed by atoms with E-state index in [-0.39, 0.29) is 0 Å². The van der Waals surface area contributed by atoms with E-state index in [1.807, 2.05) is 25.6 Å². The van der Waals surface area contributed by atoms with Gasteiger partial charge in [0, 0.05) is 24.8 Å². The van der Waals surface area contributed by atoms with Crippen molar-refractivity contribution < 1.29 is 0 Å². The predicted molar refractivity (Wildman–Crippen MR) is 67.1 cm³/mol. The van der Waals surface area contributed by atoms with Crippen molar-refractivity contribution in [2.75, 3.05) is 5.32 Å². The van der Waals surface area contributed by atoms with Crippen LogP contribution < -0.4 is 5.32 Å². The average Bonchev–Trinajstić information content (AvgIpc) is 2.51. The third-order valence-corrected chi connectivity index (χ3v) is 2.89. The van der Waals surface area contributed by atoms with Crippen molar-refractivity contribution in [1.82, 2.24) is 19.7 Å². The van der Waals surface area contributed by atoms with E-state index in [2.05, 4.69) is 20.4 Å². The summed E-state index contributed by atoms with van der Waals surface area (Å²) in [5.74, 6) is 0.667. The number of rotatable bonds is 3. The molecule has 6 heteroatoms. The van der Waals surface area contributed by atoms with Crippen molar-refractivity contribution in [3.63, 3.8) is 0 Å². The van der Waals surface area contributed by atoms with Crippen molar-refractivity contribution in [2.24, 2.45) is 7.05 Å². The highest BCUT2D eigenvalue weighted by Crippen LogP contribution is 2.14. The zero-order valence-corrected chi connectivity index (χ0v) is 10.8. The second kappa shape index (κ2) is 4.71. The molecule has 0 radical (unpaired) electrons. The minimum Gasteiger partial charge on any atom is -0.365 e. The molecule has 0 saturated heterocycles. The molecule has 5 nitrogen and oxygen atoms in total. The third-order valence-electron chi connectivity index (χ3n) is 2.71. The van der Waals surface area contributed by atoms with Gasteiger partial charge in [-0.25, -0.2) is 4.98 Å². The first kappa shape index (κ1) is 11.9. The van der Waals surface area contributed by atoms with Crippen LogP contribution in [0.3, 0.4) is 0 Å². The van der Waals surface area contributed by atoms with Crippen molar-refractivity contribution in [2.45, 2.75) is 20.4 Å². The van der Waals surface area contributed by atoms with Gasteiger partial charge in [0.15, 0.2) is 0 Å². The Labute approximate surface area is 105 Å². The number of nitrogens with zero attached hydrogens (tertiary/aromatic N) is 4. The Kier molecular flexibility index (Phi) is 3.28. The molecule has 0 saturated carbocycles. The fourth-order valence-electron chi connectivity index (χ4n) is 1.68. The van der Waals surface area contributed by atoms with E-state index >= 15 is 0 Å². The van der Waals surface area contributed by atoms with E-state index in [4.69, 9.17) is 11.6 Å². The molecule has 2 heterocycles. The van der Waals surface area contributed by atoms with Crippen molar-refractivity contribution in [3.05, 3.63) is 34.5 Å². The van der Waals surface area contributed by atoms with E-state index in [0.29, 0.717) is 17.5 Å². The standard InChI is InChI=1S/C11H14ClN5/c1-7-9(8(2)17(3)16-7)4-14-11-6-13-5-10(12)15-11/h5-6H,4H2,1-3H3,(H,14,15). The van der Waals surface area contributed by atoms with Crippen LogP contribution in [-0.2, 0) is 13.6 Å². The van der Waals surface area contributed by atoms with Gasteiger partial charge in [-0.3, -0.25) is 9.67 Å². The van der Waals surface area contributed by atoms with Gasteiger partial charge in [0.05, 0.1) is 18.1 Å². The number of halogens is 1. The topological polar surface area (TPSA) is 55.6 Å². The Hall–Kier alpha value is -1.62. The number of nitrogens with one attached hydrogen (secondary N) is 1. The zero-order valence-electron chi connectivity index (χ0n) is 10.0. The van der Waals surface area contributed by atoms with Gasteiger partial charge in [0.25, 0.3) is 0 Å². The van der Waals surface area contributed by atoms with E-state index < -0.39 is 0 Å². The quantitative estimate of drug-likeness (QED) is 0.908. The molecule has 0 bridgehead atoms. The Balaban J connectivity index is 2.12. The van der Waals surface area contributed by atoms with Crippen LogP contribution in [0, 0.1) is 13.8 Å². The van der Waals surface area contributed by atoms with E-state index in [1.54, 1.807) is 6.20 Å². The van der Waals surface area contributed by atoms with Crippen molar-refractivity contribution in [3.8, 4) is 0 Å². The molecular formula is C11H14ClN5. The molecule has 0 unspecified atom stereocenters. The predicted octanol–water partition coefficient (Wildman–Crippen LogP) is 2.09. The number of hydrogen-bond acceptors (Lipinski definition) is 4. The van der Waals surface area contributed by atoms with Gasteiger partial charge >= 0.3 is 0 Å². The summed E-state index contributed by atoms with van der Waals surface area (Å²) in [5.41, 5.74) is 3.34. The largest absolute Gasteiger partial charge is 0.365 e. The van der Waals surface area contributed by atoms with Crippen molar-refractivity contribution in [1.29, 1.82) is 0 Å². The van der Waals surface area contributed by atoms with E-state index in [9.17, 15) is 0 Å². The van der Waals surface area contributed by atoms with Crippen LogP contribution >= 0.6 is 11.6 Å². The Morgan fingerprint density at radius 2 is 2.12 bits per heavy atom. The Bertz CT molecular complexity index is 535. The first-order chi connectivity index (χ1) is 8.08. The summed E-state index contributed by atoms with van der Waals surface area (Å²) in [6, 6.07) is 0. The molecule has 0 aromatic carbocycles. The molecule has 0 aliphatic carbocycles. The van der Waals surface area contributed by atoms with Crippen LogP contribution in [0.4, 0.5) is 5.82 Å². The van der Waals surface area contributed by atoms with Gasteiger partial charge in [-0.1, -0.05) is 11.6 Å². The first-order valence-corrected chi connectivity index (χ1v) is 5.66. The summed E-state index contributed by atoms with van der Waals surface area (Å²) in [6.07, 6.45) is 3.15. The maximum absolute atomic E-state index is 5.76. The molecule has 2 rings (SSSR count). The highest BCUT2D eigenvalue weighted by molar-refractivity contribution is 6.29. The molecule has 0 aliphatic rings. The lowest BCUT2D eigenvalue weighted by Gasteiger charge is -2.05. The molecule has 2 aromatic rings. The minimum absolute atomic E-state index is 0.384. The molecule has 1 N–H and O–H groups in total. The first-order valence-electron chi connectivity index (χ1n) is 5.28. The SMILES string of the molecule is Cc1nn(C)c(C)c1CNc1cncc(Cl)n1. The van der Waals surface area contributed by atoms with Gasteiger partial charge in [-0.15, -0.1) is 0 Å². The fourth-order valence-corrected chi connectivity index (χ4v) is 1.83. The Morgan fingerprint density at radius 1 is 1.35 bits per heavy atom. The third kappa shape index (κ3) is 2.55. The molecule has 90 valence electrons. The summed E-state index contributed by atoms with van der Waals surface area (Å²) in [5, 5.41) is 7.92. The molecule has 0 aliphatic heterocycles. The normalized spacial score (nSPS) is 10.6. The lowest BCUT2D eigenvalue weighted by Crippen LogP contribution is -2.04. The summed E-state index contributed by atoms with van der Waals surface area (Å²) < 4.78 is 1.87. The zero-order chi connectivity index (χ0) is 12.4. The number of hydrogen-bond donors (Lipinski definition) is 1. The fraction of sp³-hybridized carbons (Fsp3) is 0.364.